The van der Waals surface area contributed by atoms with Crippen molar-refractivity contribution in [3.05, 3.63) is 59.9 Å². The van der Waals surface area contributed by atoms with Gasteiger partial charge in [0.2, 0.25) is 0 Å². The molecule has 0 bridgehead atoms. The van der Waals surface area contributed by atoms with Gasteiger partial charge in [0.15, 0.2) is 6.61 Å². The topological polar surface area (TPSA) is 38.3 Å². The minimum absolute atomic E-state index is 0.112. The normalized spacial score (nSPS) is 11.8. The van der Waals surface area contributed by atoms with Crippen LogP contribution >= 0.6 is 0 Å². The number of hydrogen-bond donors (Lipinski definition) is 1. The Morgan fingerprint density at radius 1 is 1.14 bits per heavy atom. The molecule has 1 atom stereocenters. The molecule has 1 N–H and O–H groups in total. The summed E-state index contributed by atoms with van der Waals surface area (Å²) in [5.74, 6) is 0.383. The molecule has 1 unspecified atom stereocenters. The first-order valence-corrected chi connectivity index (χ1v) is 7.36. The van der Waals surface area contributed by atoms with Crippen LogP contribution in [-0.4, -0.2) is 12.5 Å². The molecule has 0 spiro atoms. The van der Waals surface area contributed by atoms with Gasteiger partial charge in [0.25, 0.3) is 5.91 Å². The van der Waals surface area contributed by atoms with Crippen LogP contribution in [0.1, 0.15) is 31.7 Å². The lowest BCUT2D eigenvalue weighted by Gasteiger charge is -2.11. The molecule has 0 aromatic heterocycles. The highest BCUT2D eigenvalue weighted by atomic mass is 19.1. The maximum atomic E-state index is 12.8. The maximum Gasteiger partial charge on any atom is 0.262 e. The van der Waals surface area contributed by atoms with Crippen LogP contribution < -0.4 is 10.1 Å². The Bertz CT molecular complexity index is 608. The first kappa shape index (κ1) is 16.0. The molecule has 116 valence electrons. The molecule has 0 saturated heterocycles. The fourth-order valence-corrected chi connectivity index (χ4v) is 2.01. The molecule has 0 aliphatic heterocycles. The molecular formula is C18H20FNO2. The predicted molar refractivity (Wildman–Crippen MR) is 85.7 cm³/mol. The van der Waals surface area contributed by atoms with Gasteiger partial charge in [-0.2, -0.15) is 0 Å². The van der Waals surface area contributed by atoms with Gasteiger partial charge in [0.05, 0.1) is 0 Å². The minimum atomic E-state index is -0.335. The fraction of sp³-hybridized carbons (Fsp3) is 0.278. The number of carbonyl (C=O) groups excluding carboxylic acids is 1. The Morgan fingerprint density at radius 3 is 2.36 bits per heavy atom. The lowest BCUT2D eigenvalue weighted by atomic mass is 9.99. The van der Waals surface area contributed by atoms with E-state index in [1.165, 1.54) is 29.8 Å². The molecule has 0 heterocycles. The summed E-state index contributed by atoms with van der Waals surface area (Å²) in [6.45, 7) is 4.20. The van der Waals surface area contributed by atoms with Crippen LogP contribution in [0.4, 0.5) is 10.1 Å². The van der Waals surface area contributed by atoms with Crippen molar-refractivity contribution in [2.24, 2.45) is 0 Å². The van der Waals surface area contributed by atoms with Crippen LogP contribution in [-0.2, 0) is 4.79 Å². The highest BCUT2D eigenvalue weighted by Gasteiger charge is 2.06. The van der Waals surface area contributed by atoms with Crippen molar-refractivity contribution in [1.82, 2.24) is 0 Å². The zero-order valence-electron chi connectivity index (χ0n) is 12.8. The molecule has 0 fully saturated rings. The van der Waals surface area contributed by atoms with E-state index in [0.29, 0.717) is 11.7 Å². The van der Waals surface area contributed by atoms with Gasteiger partial charge in [0, 0.05) is 5.69 Å². The average molecular weight is 301 g/mol. The third-order valence-corrected chi connectivity index (χ3v) is 3.56. The second-order valence-electron chi connectivity index (χ2n) is 5.22. The van der Waals surface area contributed by atoms with Crippen molar-refractivity contribution in [3.63, 3.8) is 0 Å². The minimum Gasteiger partial charge on any atom is -0.484 e. The van der Waals surface area contributed by atoms with E-state index in [2.05, 4.69) is 19.2 Å². The Hall–Kier alpha value is -2.36. The van der Waals surface area contributed by atoms with Crippen molar-refractivity contribution >= 4 is 11.6 Å². The summed E-state index contributed by atoms with van der Waals surface area (Å²) in [6.07, 6.45) is 1.08. The summed E-state index contributed by atoms with van der Waals surface area (Å²) in [7, 11) is 0. The highest BCUT2D eigenvalue weighted by molar-refractivity contribution is 5.91. The number of ether oxygens (including phenoxy) is 1. The fourth-order valence-electron chi connectivity index (χ4n) is 2.01. The Kier molecular flexibility index (Phi) is 5.53. The molecule has 4 heteroatoms. The Balaban J connectivity index is 1.85. The zero-order valence-corrected chi connectivity index (χ0v) is 12.8. The van der Waals surface area contributed by atoms with Crippen LogP contribution in [0.3, 0.4) is 0 Å². The second kappa shape index (κ2) is 7.59. The van der Waals surface area contributed by atoms with E-state index >= 15 is 0 Å². The van der Waals surface area contributed by atoms with Gasteiger partial charge in [-0.1, -0.05) is 26.0 Å². The van der Waals surface area contributed by atoms with E-state index in [1.54, 1.807) is 0 Å². The highest BCUT2D eigenvalue weighted by Crippen LogP contribution is 2.20. The zero-order chi connectivity index (χ0) is 15.9. The summed E-state index contributed by atoms with van der Waals surface area (Å²) in [5.41, 5.74) is 1.99. The molecule has 3 nitrogen and oxygen atoms in total. The van der Waals surface area contributed by atoms with Gasteiger partial charge in [-0.25, -0.2) is 4.39 Å². The van der Waals surface area contributed by atoms with Crippen molar-refractivity contribution < 1.29 is 13.9 Å². The average Bonchev–Trinajstić information content (AvgIpc) is 2.54. The summed E-state index contributed by atoms with van der Waals surface area (Å²) in [4.78, 5) is 11.8. The molecule has 0 aliphatic carbocycles. The molecule has 0 radical (unpaired) electrons. The molecule has 22 heavy (non-hydrogen) atoms. The summed E-state index contributed by atoms with van der Waals surface area (Å²) in [6, 6.07) is 13.4. The van der Waals surface area contributed by atoms with Gasteiger partial charge in [-0.15, -0.1) is 0 Å². The van der Waals surface area contributed by atoms with Gasteiger partial charge in [0.1, 0.15) is 11.6 Å². The molecule has 2 rings (SSSR count). The van der Waals surface area contributed by atoms with Crippen molar-refractivity contribution in [3.8, 4) is 5.75 Å². The lowest BCUT2D eigenvalue weighted by Crippen LogP contribution is -2.20. The standard InChI is InChI=1S/C18H20FNO2/c1-3-13(2)14-4-8-16(9-5-14)20-18(21)12-22-17-10-6-15(19)7-11-17/h4-11,13H,3,12H2,1-2H3,(H,20,21). The van der Waals surface area contributed by atoms with Gasteiger partial charge in [-0.05, 0) is 54.3 Å². The van der Waals surface area contributed by atoms with Crippen LogP contribution in [0.15, 0.2) is 48.5 Å². The van der Waals surface area contributed by atoms with Crippen LogP contribution in [0.25, 0.3) is 0 Å². The van der Waals surface area contributed by atoms with Crippen molar-refractivity contribution in [1.29, 1.82) is 0 Å². The SMILES string of the molecule is CCC(C)c1ccc(NC(=O)COc2ccc(F)cc2)cc1. The second-order valence-corrected chi connectivity index (χ2v) is 5.22. The summed E-state index contributed by atoms with van der Waals surface area (Å²) in [5, 5.41) is 2.77. The van der Waals surface area contributed by atoms with Gasteiger partial charge < -0.3 is 10.1 Å². The lowest BCUT2D eigenvalue weighted by molar-refractivity contribution is -0.118. The quantitative estimate of drug-likeness (QED) is 0.861. The Labute approximate surface area is 130 Å². The number of hydrogen-bond acceptors (Lipinski definition) is 2. The number of nitrogens with one attached hydrogen (secondary N) is 1. The first-order valence-electron chi connectivity index (χ1n) is 7.36. The predicted octanol–water partition coefficient (Wildman–Crippen LogP) is 4.36. The van der Waals surface area contributed by atoms with Gasteiger partial charge >= 0.3 is 0 Å². The third-order valence-electron chi connectivity index (χ3n) is 3.56. The van der Waals surface area contributed by atoms with Crippen molar-refractivity contribution in [2.45, 2.75) is 26.2 Å². The number of amides is 1. The van der Waals surface area contributed by atoms with E-state index in [9.17, 15) is 9.18 Å². The molecular weight excluding hydrogens is 281 g/mol. The number of benzene rings is 2. The molecule has 1 amide bonds. The van der Waals surface area contributed by atoms with E-state index in [4.69, 9.17) is 4.74 Å². The molecule has 2 aromatic rings. The van der Waals surface area contributed by atoms with Crippen LogP contribution in [0.5, 0.6) is 5.75 Å². The largest absolute Gasteiger partial charge is 0.484 e. The molecule has 0 aliphatic rings. The Morgan fingerprint density at radius 2 is 1.77 bits per heavy atom. The van der Waals surface area contributed by atoms with Gasteiger partial charge in [-0.3, -0.25) is 4.79 Å². The number of carbonyl (C=O) groups is 1. The monoisotopic (exact) mass is 301 g/mol. The number of rotatable bonds is 6. The van der Waals surface area contributed by atoms with Crippen molar-refractivity contribution in [2.75, 3.05) is 11.9 Å². The van der Waals surface area contributed by atoms with E-state index in [1.807, 2.05) is 24.3 Å². The van der Waals surface area contributed by atoms with E-state index in [-0.39, 0.29) is 18.3 Å². The van der Waals surface area contributed by atoms with Crippen LogP contribution in [0.2, 0.25) is 0 Å². The summed E-state index contributed by atoms with van der Waals surface area (Å²) >= 11 is 0. The van der Waals surface area contributed by atoms with E-state index in [0.717, 1.165) is 12.1 Å². The molecule has 0 saturated carbocycles. The number of halogens is 1. The van der Waals surface area contributed by atoms with Crippen LogP contribution in [0, 0.1) is 5.82 Å². The van der Waals surface area contributed by atoms with E-state index < -0.39 is 0 Å². The summed E-state index contributed by atoms with van der Waals surface area (Å²) < 4.78 is 18.0. The molecule has 2 aromatic carbocycles. The first-order chi connectivity index (χ1) is 10.6. The maximum absolute atomic E-state index is 12.8. The third kappa shape index (κ3) is 4.58. The number of anilines is 1. The smallest absolute Gasteiger partial charge is 0.262 e.